The summed E-state index contributed by atoms with van der Waals surface area (Å²) in [6.07, 6.45) is 0.955. The van der Waals surface area contributed by atoms with Crippen molar-refractivity contribution in [2.75, 3.05) is 4.90 Å². The zero-order valence-electron chi connectivity index (χ0n) is 23.1. The molecule has 1 aromatic carbocycles. The van der Waals surface area contributed by atoms with Crippen molar-refractivity contribution in [1.29, 1.82) is 0 Å². The molecule has 11 heteroatoms. The smallest absolute Gasteiger partial charge is 0.416 e. The van der Waals surface area contributed by atoms with Gasteiger partial charge in [0.1, 0.15) is 16.1 Å². The van der Waals surface area contributed by atoms with Gasteiger partial charge in [0.2, 0.25) is 5.28 Å². The number of nitrogens with one attached hydrogen (secondary N) is 1. The normalized spacial score (nSPS) is 13.9. The Labute approximate surface area is 241 Å². The topological polar surface area (TPSA) is 104 Å². The molecule has 39 heavy (non-hydrogen) atoms. The largest absolute Gasteiger partial charge is 0.598 e. The van der Waals surface area contributed by atoms with Crippen molar-refractivity contribution in [3.63, 3.8) is 0 Å². The van der Waals surface area contributed by atoms with Crippen LogP contribution in [0, 0.1) is 0 Å². The lowest BCUT2D eigenvalue weighted by atomic mass is 10.0. The van der Waals surface area contributed by atoms with E-state index in [9.17, 15) is 9.35 Å². The van der Waals surface area contributed by atoms with Gasteiger partial charge in [-0.3, -0.25) is 4.90 Å². The second-order valence-electron chi connectivity index (χ2n) is 11.1. The van der Waals surface area contributed by atoms with Crippen molar-refractivity contribution in [3.8, 4) is 11.1 Å². The number of hydrogen-bond donors (Lipinski definition) is 1. The molecule has 0 aliphatic rings. The first-order chi connectivity index (χ1) is 18.2. The van der Waals surface area contributed by atoms with Crippen molar-refractivity contribution >= 4 is 56.4 Å². The summed E-state index contributed by atoms with van der Waals surface area (Å²) in [5.74, 6) is 0.868. The number of aromatic nitrogens is 2. The number of thiophene rings is 1. The number of amides is 1. The highest BCUT2D eigenvalue weighted by molar-refractivity contribution is 7.90. The molecule has 1 unspecified atom stereocenters. The molecule has 0 bridgehead atoms. The lowest BCUT2D eigenvalue weighted by molar-refractivity contribution is 0.0574. The number of carbonyl (C=O) groups is 1. The van der Waals surface area contributed by atoms with Crippen LogP contribution in [0.1, 0.15) is 65.1 Å². The van der Waals surface area contributed by atoms with E-state index in [-0.39, 0.29) is 17.9 Å². The maximum atomic E-state index is 13.5. The van der Waals surface area contributed by atoms with Crippen LogP contribution in [-0.4, -0.2) is 31.0 Å². The fourth-order valence-corrected chi connectivity index (χ4v) is 6.11. The molecule has 1 amide bonds. The Morgan fingerprint density at radius 1 is 1.15 bits per heavy atom. The minimum Gasteiger partial charge on any atom is -0.598 e. The molecular weight excluding hydrogens is 556 g/mol. The molecule has 0 aliphatic heterocycles. The van der Waals surface area contributed by atoms with Crippen LogP contribution in [-0.2, 0) is 22.6 Å². The highest BCUT2D eigenvalue weighted by Crippen LogP contribution is 2.45. The van der Waals surface area contributed by atoms with E-state index in [4.69, 9.17) is 20.8 Å². The van der Waals surface area contributed by atoms with Gasteiger partial charge in [-0.2, -0.15) is 4.98 Å². The van der Waals surface area contributed by atoms with E-state index in [1.807, 2.05) is 58.0 Å². The summed E-state index contributed by atoms with van der Waals surface area (Å²) in [7, 11) is 0. The third-order valence-electron chi connectivity index (χ3n) is 5.57. The van der Waals surface area contributed by atoms with Gasteiger partial charge in [-0.05, 0) is 77.8 Å². The molecule has 0 saturated heterocycles. The Hall–Kier alpha value is -2.63. The van der Waals surface area contributed by atoms with Crippen LogP contribution < -0.4 is 9.62 Å². The van der Waals surface area contributed by atoms with Crippen molar-refractivity contribution in [2.24, 2.45) is 0 Å². The summed E-state index contributed by atoms with van der Waals surface area (Å²) >= 11 is 6.61. The van der Waals surface area contributed by atoms with E-state index in [2.05, 4.69) is 14.7 Å². The molecule has 0 spiro atoms. The Bertz CT molecular complexity index is 1430. The standard InChI is InChI=1S/C28H33ClN4O4S2/c1-17(32-39(35)28(5,6)7)22-20(18-12-9-8-10-13-18)21-23(38-22)24(31-25(29)30-21)33(16-19-14-11-15-36-19)26(34)37-27(2,3)4/h8-15,17,32H,16H2,1-7H3/t17-,39?/m0/s1. The van der Waals surface area contributed by atoms with Crippen LogP contribution in [0.4, 0.5) is 10.6 Å². The molecule has 0 fully saturated rings. The maximum absolute atomic E-state index is 13.5. The Balaban J connectivity index is 1.93. The fraction of sp³-hybridized carbons (Fsp3) is 0.393. The highest BCUT2D eigenvalue weighted by Gasteiger charge is 2.33. The van der Waals surface area contributed by atoms with Gasteiger partial charge in [-0.15, -0.1) is 16.1 Å². The second-order valence-corrected chi connectivity index (χ2v) is 14.5. The van der Waals surface area contributed by atoms with Crippen molar-refractivity contribution in [3.05, 3.63) is 64.6 Å². The van der Waals surface area contributed by atoms with Crippen LogP contribution in [0.2, 0.25) is 5.28 Å². The number of rotatable bonds is 7. The zero-order chi connectivity index (χ0) is 28.5. The quantitative estimate of drug-likeness (QED) is 0.174. The van der Waals surface area contributed by atoms with Crippen LogP contribution in [0.25, 0.3) is 21.3 Å². The number of carbonyl (C=O) groups excluding carboxylic acids is 1. The molecule has 3 heterocycles. The summed E-state index contributed by atoms with van der Waals surface area (Å²) in [6.45, 7) is 13.2. The number of nitrogens with zero attached hydrogens (tertiary/aromatic N) is 3. The summed E-state index contributed by atoms with van der Waals surface area (Å²) in [5.41, 5.74) is 1.62. The predicted molar refractivity (Wildman–Crippen MR) is 158 cm³/mol. The van der Waals surface area contributed by atoms with Gasteiger partial charge in [0, 0.05) is 21.8 Å². The van der Waals surface area contributed by atoms with Crippen LogP contribution >= 0.6 is 22.9 Å². The van der Waals surface area contributed by atoms with Crippen molar-refractivity contribution < 1.29 is 18.5 Å². The monoisotopic (exact) mass is 588 g/mol. The van der Waals surface area contributed by atoms with Gasteiger partial charge in [0.05, 0.1) is 29.1 Å². The number of furan rings is 1. The van der Waals surface area contributed by atoms with Gasteiger partial charge >= 0.3 is 6.09 Å². The van der Waals surface area contributed by atoms with Gasteiger partial charge in [0.15, 0.2) is 5.82 Å². The average molecular weight is 589 g/mol. The number of hydrogen-bond acceptors (Lipinski definition) is 8. The Morgan fingerprint density at radius 2 is 1.85 bits per heavy atom. The minimum atomic E-state index is -1.32. The predicted octanol–water partition coefficient (Wildman–Crippen LogP) is 7.66. The SMILES string of the molecule is C[C@H](N[S+]([O-])C(C)(C)C)c1sc2c(N(Cc3ccco3)C(=O)OC(C)(C)C)nc(Cl)nc2c1-c1ccccc1. The lowest BCUT2D eigenvalue weighted by Crippen LogP contribution is -2.40. The van der Waals surface area contributed by atoms with E-state index in [0.29, 0.717) is 21.8 Å². The number of anilines is 1. The summed E-state index contributed by atoms with van der Waals surface area (Å²) in [4.78, 5) is 24.9. The third-order valence-corrected chi connectivity index (χ3v) is 8.78. The van der Waals surface area contributed by atoms with Crippen molar-refractivity contribution in [1.82, 2.24) is 14.7 Å². The number of halogens is 1. The lowest BCUT2D eigenvalue weighted by Gasteiger charge is -2.26. The van der Waals surface area contributed by atoms with Crippen LogP contribution in [0.3, 0.4) is 0 Å². The molecule has 0 radical (unpaired) electrons. The molecule has 1 N–H and O–H groups in total. The second kappa shape index (κ2) is 11.5. The maximum Gasteiger partial charge on any atom is 0.416 e. The molecule has 0 aliphatic carbocycles. The van der Waals surface area contributed by atoms with E-state index < -0.39 is 27.8 Å². The van der Waals surface area contributed by atoms with E-state index >= 15 is 0 Å². The summed E-state index contributed by atoms with van der Waals surface area (Å²) in [6, 6.07) is 13.0. The van der Waals surface area contributed by atoms with E-state index in [1.54, 1.807) is 39.2 Å². The first-order valence-corrected chi connectivity index (χ1v) is 14.9. The third kappa shape index (κ3) is 6.93. The molecule has 2 atom stereocenters. The van der Waals surface area contributed by atoms with Gasteiger partial charge < -0.3 is 13.7 Å². The summed E-state index contributed by atoms with van der Waals surface area (Å²) in [5, 5.41) is -0.00841. The molecule has 4 rings (SSSR count). The summed E-state index contributed by atoms with van der Waals surface area (Å²) < 4.78 is 27.8. The van der Waals surface area contributed by atoms with Gasteiger partial charge in [-0.1, -0.05) is 30.3 Å². The Kier molecular flexibility index (Phi) is 8.63. The minimum absolute atomic E-state index is 0.00841. The van der Waals surface area contributed by atoms with Crippen LogP contribution in [0.15, 0.2) is 53.1 Å². The van der Waals surface area contributed by atoms with E-state index in [1.165, 1.54) is 16.2 Å². The molecule has 3 aromatic heterocycles. The first kappa shape index (κ1) is 29.4. The van der Waals surface area contributed by atoms with Crippen LogP contribution in [0.5, 0.6) is 0 Å². The number of benzene rings is 1. The fourth-order valence-electron chi connectivity index (χ4n) is 3.82. The Morgan fingerprint density at radius 3 is 2.44 bits per heavy atom. The highest BCUT2D eigenvalue weighted by atomic mass is 35.5. The molecule has 8 nitrogen and oxygen atoms in total. The molecule has 208 valence electrons. The first-order valence-electron chi connectivity index (χ1n) is 12.5. The number of fused-ring (bicyclic) bond motifs is 1. The van der Waals surface area contributed by atoms with Gasteiger partial charge in [-0.25, -0.2) is 9.78 Å². The van der Waals surface area contributed by atoms with E-state index in [0.717, 1.165) is 16.0 Å². The number of ether oxygens (including phenoxy) is 1. The average Bonchev–Trinajstić information content (AvgIpc) is 3.48. The molecule has 4 aromatic rings. The molecule has 0 saturated carbocycles. The van der Waals surface area contributed by atoms with Gasteiger partial charge in [0.25, 0.3) is 0 Å². The molecular formula is C28H33ClN4O4S2. The van der Waals surface area contributed by atoms with Crippen molar-refractivity contribution in [2.45, 2.75) is 71.4 Å². The zero-order valence-corrected chi connectivity index (χ0v) is 25.5.